The molecule has 0 rings (SSSR count). The van der Waals surface area contributed by atoms with Gasteiger partial charge in [-0.1, -0.05) is 44.8 Å². The Hall–Kier alpha value is -1.23. The number of methoxy groups -OCH3 is 1. The van der Waals surface area contributed by atoms with E-state index in [1.165, 1.54) is 32.8 Å². The number of ether oxygens (including phenoxy) is 1. The molecule has 120 valence electrons. The molecule has 0 amide bonds. The molecule has 0 saturated heterocycles. The normalized spacial score (nSPS) is 10.4. The zero-order valence-corrected chi connectivity index (χ0v) is 14.0. The van der Waals surface area contributed by atoms with Crippen molar-refractivity contribution >= 4 is 5.97 Å². The van der Waals surface area contributed by atoms with E-state index < -0.39 is 0 Å². The van der Waals surface area contributed by atoms with Crippen molar-refractivity contribution < 1.29 is 9.53 Å². The molecule has 0 aliphatic heterocycles. The highest BCUT2D eigenvalue weighted by atomic mass is 16.5. The zero-order valence-electron chi connectivity index (χ0n) is 14.0. The highest BCUT2D eigenvalue weighted by Crippen LogP contribution is 2.05. The van der Waals surface area contributed by atoms with Crippen molar-refractivity contribution in [2.75, 3.05) is 7.11 Å². The number of unbranched alkanes of at least 4 members (excludes halogenated alkanes) is 8. The molecule has 0 saturated carbocycles. The van der Waals surface area contributed by atoms with Gasteiger partial charge >= 0.3 is 5.97 Å². The standard InChI is InChI=1S/C19H32O2/c1-3-4-5-6-7-8-9-10-11-12-13-14-15-16-17-18-19(20)21-2/h12-13H,3-7,10-11,14-18H2,1-2H3. The molecule has 0 aromatic rings. The fourth-order valence-electron chi connectivity index (χ4n) is 2.02. The van der Waals surface area contributed by atoms with Gasteiger partial charge < -0.3 is 4.74 Å². The van der Waals surface area contributed by atoms with Crippen LogP contribution < -0.4 is 0 Å². The van der Waals surface area contributed by atoms with Crippen molar-refractivity contribution in [3.05, 3.63) is 12.2 Å². The summed E-state index contributed by atoms with van der Waals surface area (Å²) in [5.41, 5.74) is 0. The lowest BCUT2D eigenvalue weighted by atomic mass is 10.1. The Kier molecular flexibility index (Phi) is 15.8. The summed E-state index contributed by atoms with van der Waals surface area (Å²) in [4.78, 5) is 10.9. The molecule has 0 aliphatic rings. The first-order valence-electron chi connectivity index (χ1n) is 8.48. The Morgan fingerprint density at radius 3 is 2.38 bits per heavy atom. The minimum atomic E-state index is -0.0983. The maximum atomic E-state index is 10.9. The first-order valence-corrected chi connectivity index (χ1v) is 8.48. The lowest BCUT2D eigenvalue weighted by Crippen LogP contribution is -1.98. The second-order valence-corrected chi connectivity index (χ2v) is 5.35. The van der Waals surface area contributed by atoms with Crippen LogP contribution in [0.2, 0.25) is 0 Å². The smallest absolute Gasteiger partial charge is 0.305 e. The van der Waals surface area contributed by atoms with E-state index in [-0.39, 0.29) is 5.97 Å². The minimum absolute atomic E-state index is 0.0983. The second kappa shape index (κ2) is 16.8. The Morgan fingerprint density at radius 1 is 0.905 bits per heavy atom. The van der Waals surface area contributed by atoms with Gasteiger partial charge in [-0.05, 0) is 32.1 Å². The lowest BCUT2D eigenvalue weighted by molar-refractivity contribution is -0.140. The van der Waals surface area contributed by atoms with Crippen LogP contribution in [-0.2, 0) is 9.53 Å². The highest BCUT2D eigenvalue weighted by Gasteiger charge is 1.97. The number of hydrogen-bond acceptors (Lipinski definition) is 2. The SMILES string of the molecule is CCCCCCC#CCCC=CCCCCCC(=O)OC. The Labute approximate surface area is 131 Å². The molecular weight excluding hydrogens is 260 g/mol. The third-order valence-electron chi connectivity index (χ3n) is 3.36. The molecule has 0 aromatic carbocycles. The van der Waals surface area contributed by atoms with Crippen LogP contribution in [0.4, 0.5) is 0 Å². The molecule has 2 heteroatoms. The quantitative estimate of drug-likeness (QED) is 0.208. The number of esters is 1. The van der Waals surface area contributed by atoms with E-state index in [4.69, 9.17) is 0 Å². The van der Waals surface area contributed by atoms with E-state index in [0.717, 1.165) is 44.9 Å². The third kappa shape index (κ3) is 16.7. The summed E-state index contributed by atoms with van der Waals surface area (Å²) in [6, 6.07) is 0. The molecule has 2 nitrogen and oxygen atoms in total. The molecule has 0 heterocycles. The molecule has 0 N–H and O–H groups in total. The van der Waals surface area contributed by atoms with Gasteiger partial charge in [0.15, 0.2) is 0 Å². The van der Waals surface area contributed by atoms with Gasteiger partial charge in [-0.3, -0.25) is 4.79 Å². The van der Waals surface area contributed by atoms with Crippen LogP contribution >= 0.6 is 0 Å². The number of hydrogen-bond donors (Lipinski definition) is 0. The predicted molar refractivity (Wildman–Crippen MR) is 90.0 cm³/mol. The molecule has 0 fully saturated rings. The maximum absolute atomic E-state index is 10.9. The minimum Gasteiger partial charge on any atom is -0.469 e. The monoisotopic (exact) mass is 292 g/mol. The van der Waals surface area contributed by atoms with E-state index in [9.17, 15) is 4.79 Å². The first-order chi connectivity index (χ1) is 10.3. The van der Waals surface area contributed by atoms with Crippen LogP contribution in [-0.4, -0.2) is 13.1 Å². The molecule has 0 radical (unpaired) electrons. The van der Waals surface area contributed by atoms with Crippen molar-refractivity contribution in [1.29, 1.82) is 0 Å². The predicted octanol–water partition coefficient (Wildman–Crippen LogP) is 5.42. The van der Waals surface area contributed by atoms with Crippen molar-refractivity contribution in [2.45, 2.75) is 84.0 Å². The van der Waals surface area contributed by atoms with Crippen LogP contribution in [0.15, 0.2) is 12.2 Å². The van der Waals surface area contributed by atoms with Crippen LogP contribution in [0.3, 0.4) is 0 Å². The van der Waals surface area contributed by atoms with Crippen molar-refractivity contribution in [2.24, 2.45) is 0 Å². The van der Waals surface area contributed by atoms with Crippen LogP contribution in [0.25, 0.3) is 0 Å². The molecule has 21 heavy (non-hydrogen) atoms. The Balaban J connectivity index is 3.26. The molecule has 0 atom stereocenters. The summed E-state index contributed by atoms with van der Waals surface area (Å²) >= 11 is 0. The van der Waals surface area contributed by atoms with Gasteiger partial charge in [0.1, 0.15) is 0 Å². The number of carbonyl (C=O) groups is 1. The van der Waals surface area contributed by atoms with Crippen molar-refractivity contribution in [1.82, 2.24) is 0 Å². The van der Waals surface area contributed by atoms with Crippen LogP contribution in [0, 0.1) is 11.8 Å². The largest absolute Gasteiger partial charge is 0.469 e. The lowest BCUT2D eigenvalue weighted by Gasteiger charge is -1.98. The summed E-state index contributed by atoms with van der Waals surface area (Å²) < 4.78 is 4.60. The molecule has 0 spiro atoms. The summed E-state index contributed by atoms with van der Waals surface area (Å²) in [5, 5.41) is 0. The average Bonchev–Trinajstić information content (AvgIpc) is 2.50. The molecule has 0 aliphatic carbocycles. The summed E-state index contributed by atoms with van der Waals surface area (Å²) in [7, 11) is 1.44. The topological polar surface area (TPSA) is 26.3 Å². The first kappa shape index (κ1) is 19.8. The summed E-state index contributed by atoms with van der Waals surface area (Å²) in [6.45, 7) is 2.23. The summed E-state index contributed by atoms with van der Waals surface area (Å²) in [5.74, 6) is 6.39. The Morgan fingerprint density at radius 2 is 1.62 bits per heavy atom. The van der Waals surface area contributed by atoms with E-state index in [0.29, 0.717) is 6.42 Å². The Bertz CT molecular complexity index is 320. The van der Waals surface area contributed by atoms with Crippen molar-refractivity contribution in [3.63, 3.8) is 0 Å². The van der Waals surface area contributed by atoms with Gasteiger partial charge in [-0.2, -0.15) is 0 Å². The van der Waals surface area contributed by atoms with E-state index >= 15 is 0 Å². The van der Waals surface area contributed by atoms with Gasteiger partial charge in [0.2, 0.25) is 0 Å². The van der Waals surface area contributed by atoms with Crippen molar-refractivity contribution in [3.8, 4) is 11.8 Å². The van der Waals surface area contributed by atoms with Gasteiger partial charge in [-0.25, -0.2) is 0 Å². The molecule has 0 aromatic heterocycles. The summed E-state index contributed by atoms with van der Waals surface area (Å²) in [6.07, 6.45) is 17.6. The van der Waals surface area contributed by atoms with Gasteiger partial charge in [0.25, 0.3) is 0 Å². The van der Waals surface area contributed by atoms with E-state index in [2.05, 4.69) is 35.7 Å². The number of rotatable bonds is 12. The van der Waals surface area contributed by atoms with E-state index in [1.807, 2.05) is 0 Å². The van der Waals surface area contributed by atoms with Crippen LogP contribution in [0.5, 0.6) is 0 Å². The van der Waals surface area contributed by atoms with Gasteiger partial charge in [0, 0.05) is 19.3 Å². The molecule has 0 bridgehead atoms. The average molecular weight is 292 g/mol. The molecular formula is C19H32O2. The fourth-order valence-corrected chi connectivity index (χ4v) is 2.02. The molecule has 0 unspecified atom stereocenters. The van der Waals surface area contributed by atoms with Gasteiger partial charge in [0.05, 0.1) is 7.11 Å². The van der Waals surface area contributed by atoms with E-state index in [1.54, 1.807) is 0 Å². The number of carbonyl (C=O) groups excluding carboxylic acids is 1. The van der Waals surface area contributed by atoms with Gasteiger partial charge in [-0.15, -0.1) is 11.8 Å². The zero-order chi connectivity index (χ0) is 15.6. The number of allylic oxidation sites excluding steroid dienone is 2. The highest BCUT2D eigenvalue weighted by molar-refractivity contribution is 5.68. The van der Waals surface area contributed by atoms with Crippen LogP contribution in [0.1, 0.15) is 84.0 Å². The maximum Gasteiger partial charge on any atom is 0.305 e. The third-order valence-corrected chi connectivity index (χ3v) is 3.36. The second-order valence-electron chi connectivity index (χ2n) is 5.35. The fraction of sp³-hybridized carbons (Fsp3) is 0.737.